The maximum atomic E-state index is 13.1. The number of amides is 1. The lowest BCUT2D eigenvalue weighted by Crippen LogP contribution is -2.22. The highest BCUT2D eigenvalue weighted by molar-refractivity contribution is 14.1. The summed E-state index contributed by atoms with van der Waals surface area (Å²) >= 11 is 5.47. The quantitative estimate of drug-likeness (QED) is 0.200. The van der Waals surface area contributed by atoms with Gasteiger partial charge in [-0.05, 0) is 82.8 Å². The standard InChI is InChI=1S/C26H21BrFIN4O4/c1-3-23-32-21-9-4-16(27)12-19(21)26(35)33(23)30-13-15-10-20(29)25(22(11-15)36-2)37-14-24(34)31-18-7-5-17(28)6-8-18/h4-13H,3,14H2,1-2H3,(H,31,34). The number of hydrogen-bond acceptors (Lipinski definition) is 6. The lowest BCUT2D eigenvalue weighted by molar-refractivity contribution is -0.118. The molecule has 8 nitrogen and oxygen atoms in total. The molecule has 4 aromatic rings. The summed E-state index contributed by atoms with van der Waals surface area (Å²) in [4.78, 5) is 30.0. The Labute approximate surface area is 233 Å². The van der Waals surface area contributed by atoms with E-state index in [9.17, 15) is 14.0 Å². The highest BCUT2D eigenvalue weighted by Gasteiger charge is 2.14. The number of aryl methyl sites for hydroxylation is 1. The number of hydrogen-bond donors (Lipinski definition) is 1. The highest BCUT2D eigenvalue weighted by Crippen LogP contribution is 2.33. The second kappa shape index (κ2) is 11.8. The Morgan fingerprint density at radius 3 is 2.68 bits per heavy atom. The third-order valence-corrected chi connectivity index (χ3v) is 6.54. The molecule has 0 unspecified atom stereocenters. The van der Waals surface area contributed by atoms with E-state index in [2.05, 4.69) is 53.9 Å². The molecule has 1 aromatic heterocycles. The Bertz CT molecular complexity index is 1560. The fourth-order valence-corrected chi connectivity index (χ4v) is 4.63. The Morgan fingerprint density at radius 2 is 1.97 bits per heavy atom. The second-order valence-electron chi connectivity index (χ2n) is 7.78. The molecule has 11 heteroatoms. The molecule has 1 N–H and O–H groups in total. The number of nitrogens with zero attached hydrogens (tertiary/aromatic N) is 3. The fraction of sp³-hybridized carbons (Fsp3) is 0.154. The largest absolute Gasteiger partial charge is 0.493 e. The van der Waals surface area contributed by atoms with Gasteiger partial charge in [0.2, 0.25) is 0 Å². The van der Waals surface area contributed by atoms with Gasteiger partial charge in [0, 0.05) is 16.6 Å². The van der Waals surface area contributed by atoms with Crippen molar-refractivity contribution in [3.8, 4) is 11.5 Å². The number of methoxy groups -OCH3 is 1. The molecule has 0 aliphatic carbocycles. The van der Waals surface area contributed by atoms with E-state index in [-0.39, 0.29) is 12.2 Å². The Kier molecular flexibility index (Phi) is 8.54. The average molecular weight is 679 g/mol. The molecule has 1 heterocycles. The first kappa shape index (κ1) is 26.7. The molecule has 0 saturated heterocycles. The summed E-state index contributed by atoms with van der Waals surface area (Å²) in [5.41, 5.74) is 1.46. The van der Waals surface area contributed by atoms with Gasteiger partial charge in [0.15, 0.2) is 18.1 Å². The number of carbonyl (C=O) groups excluding carboxylic acids is 1. The van der Waals surface area contributed by atoms with Crippen molar-refractivity contribution < 1.29 is 18.7 Å². The minimum atomic E-state index is -0.406. The van der Waals surface area contributed by atoms with Gasteiger partial charge < -0.3 is 14.8 Å². The van der Waals surface area contributed by atoms with Gasteiger partial charge in [0.25, 0.3) is 11.5 Å². The van der Waals surface area contributed by atoms with E-state index < -0.39 is 11.7 Å². The second-order valence-corrected chi connectivity index (χ2v) is 9.86. The molecule has 3 aromatic carbocycles. The van der Waals surface area contributed by atoms with Crippen molar-refractivity contribution in [3.63, 3.8) is 0 Å². The van der Waals surface area contributed by atoms with Crippen LogP contribution in [0.15, 0.2) is 69.0 Å². The zero-order valence-electron chi connectivity index (χ0n) is 19.8. The molecule has 0 saturated carbocycles. The minimum absolute atomic E-state index is 0.270. The number of nitrogens with one attached hydrogen (secondary N) is 1. The zero-order chi connectivity index (χ0) is 26.5. The minimum Gasteiger partial charge on any atom is -0.493 e. The summed E-state index contributed by atoms with van der Waals surface area (Å²) in [5.74, 6) is 0.518. The molecule has 0 aliphatic rings. The third-order valence-electron chi connectivity index (χ3n) is 5.24. The smallest absolute Gasteiger partial charge is 0.282 e. The van der Waals surface area contributed by atoms with Crippen molar-refractivity contribution >= 4 is 67.2 Å². The number of benzene rings is 3. The molecular formula is C26H21BrFIN4O4. The van der Waals surface area contributed by atoms with E-state index in [4.69, 9.17) is 9.47 Å². The maximum Gasteiger partial charge on any atom is 0.282 e. The normalized spacial score (nSPS) is 11.2. The van der Waals surface area contributed by atoms with Crippen LogP contribution >= 0.6 is 38.5 Å². The Balaban J connectivity index is 1.56. The van der Waals surface area contributed by atoms with Crippen LogP contribution in [0.3, 0.4) is 0 Å². The third kappa shape index (κ3) is 6.34. The molecule has 0 aliphatic heterocycles. The van der Waals surface area contributed by atoms with Crippen LogP contribution in [0.2, 0.25) is 0 Å². The van der Waals surface area contributed by atoms with Crippen molar-refractivity contribution in [1.29, 1.82) is 0 Å². The number of halogens is 3. The number of carbonyl (C=O) groups is 1. The van der Waals surface area contributed by atoms with Crippen LogP contribution in [0.5, 0.6) is 11.5 Å². The molecule has 190 valence electrons. The lowest BCUT2D eigenvalue weighted by atomic mass is 10.2. The SMILES string of the molecule is CCc1nc2ccc(Br)cc2c(=O)n1N=Cc1cc(I)c(OCC(=O)Nc2ccc(F)cc2)c(OC)c1. The molecule has 0 atom stereocenters. The molecule has 0 bridgehead atoms. The molecule has 0 radical (unpaired) electrons. The summed E-state index contributed by atoms with van der Waals surface area (Å²) < 4.78 is 27.0. The molecule has 1 amide bonds. The number of aromatic nitrogens is 2. The van der Waals surface area contributed by atoms with Crippen LogP contribution in [0.25, 0.3) is 10.9 Å². The van der Waals surface area contributed by atoms with E-state index in [0.29, 0.717) is 49.5 Å². The van der Waals surface area contributed by atoms with Crippen molar-refractivity contribution in [2.24, 2.45) is 5.10 Å². The first-order chi connectivity index (χ1) is 17.8. The van der Waals surface area contributed by atoms with E-state index in [1.807, 2.05) is 13.0 Å². The van der Waals surface area contributed by atoms with Crippen molar-refractivity contribution in [2.75, 3.05) is 19.0 Å². The van der Waals surface area contributed by atoms with Crippen LogP contribution < -0.4 is 20.3 Å². The summed E-state index contributed by atoms with van der Waals surface area (Å²) in [7, 11) is 1.49. The predicted octanol–water partition coefficient (Wildman–Crippen LogP) is 5.37. The van der Waals surface area contributed by atoms with Gasteiger partial charge in [0.05, 0.1) is 27.8 Å². The van der Waals surface area contributed by atoms with Crippen LogP contribution in [0, 0.1) is 9.39 Å². The molecule has 4 rings (SSSR count). The number of ether oxygens (including phenoxy) is 2. The van der Waals surface area contributed by atoms with Crippen molar-refractivity contribution in [1.82, 2.24) is 9.66 Å². The van der Waals surface area contributed by atoms with Gasteiger partial charge in [-0.3, -0.25) is 9.59 Å². The van der Waals surface area contributed by atoms with Crippen LogP contribution in [-0.2, 0) is 11.2 Å². The first-order valence-electron chi connectivity index (χ1n) is 11.1. The summed E-state index contributed by atoms with van der Waals surface area (Å²) in [6, 6.07) is 14.3. The summed E-state index contributed by atoms with van der Waals surface area (Å²) in [6.07, 6.45) is 2.06. The van der Waals surface area contributed by atoms with E-state index >= 15 is 0 Å². The van der Waals surface area contributed by atoms with Gasteiger partial charge in [-0.1, -0.05) is 22.9 Å². The van der Waals surface area contributed by atoms with Crippen LogP contribution in [-0.4, -0.2) is 35.5 Å². The average Bonchev–Trinajstić information content (AvgIpc) is 2.88. The Morgan fingerprint density at radius 1 is 1.22 bits per heavy atom. The Hall–Kier alpha value is -3.32. The summed E-state index contributed by atoms with van der Waals surface area (Å²) in [5, 5.41) is 7.51. The van der Waals surface area contributed by atoms with Crippen LogP contribution in [0.1, 0.15) is 18.3 Å². The predicted molar refractivity (Wildman–Crippen MR) is 152 cm³/mol. The monoisotopic (exact) mass is 678 g/mol. The topological polar surface area (TPSA) is 94.8 Å². The summed E-state index contributed by atoms with van der Waals surface area (Å²) in [6.45, 7) is 1.63. The lowest BCUT2D eigenvalue weighted by Gasteiger charge is -2.14. The van der Waals surface area contributed by atoms with Gasteiger partial charge in [-0.2, -0.15) is 9.78 Å². The number of anilines is 1. The van der Waals surface area contributed by atoms with Gasteiger partial charge in [-0.15, -0.1) is 0 Å². The number of fused-ring (bicyclic) bond motifs is 1. The van der Waals surface area contributed by atoms with Gasteiger partial charge in [0.1, 0.15) is 11.6 Å². The molecule has 0 fully saturated rings. The van der Waals surface area contributed by atoms with Gasteiger partial charge in [-0.25, -0.2) is 9.37 Å². The number of rotatable bonds is 8. The zero-order valence-corrected chi connectivity index (χ0v) is 23.5. The van der Waals surface area contributed by atoms with Crippen molar-refractivity contribution in [2.45, 2.75) is 13.3 Å². The van der Waals surface area contributed by atoms with Crippen molar-refractivity contribution in [3.05, 3.63) is 90.2 Å². The van der Waals surface area contributed by atoms with Gasteiger partial charge >= 0.3 is 0 Å². The van der Waals surface area contributed by atoms with E-state index in [1.54, 1.807) is 30.5 Å². The molecular weight excluding hydrogens is 658 g/mol. The highest BCUT2D eigenvalue weighted by atomic mass is 127. The maximum absolute atomic E-state index is 13.1. The van der Waals surface area contributed by atoms with Crippen LogP contribution in [0.4, 0.5) is 10.1 Å². The van der Waals surface area contributed by atoms with E-state index in [0.717, 1.165) is 4.47 Å². The first-order valence-corrected chi connectivity index (χ1v) is 13.0. The van der Waals surface area contributed by atoms with E-state index in [1.165, 1.54) is 36.1 Å². The fourth-order valence-electron chi connectivity index (χ4n) is 3.49. The molecule has 37 heavy (non-hydrogen) atoms. The molecule has 0 spiro atoms.